The topological polar surface area (TPSA) is 69.0 Å². The molecule has 6 heteroatoms. The van der Waals surface area contributed by atoms with Crippen LogP contribution in [-0.2, 0) is 11.2 Å². The predicted octanol–water partition coefficient (Wildman–Crippen LogP) is 2.57. The summed E-state index contributed by atoms with van der Waals surface area (Å²) in [4.78, 5) is 25.7. The van der Waals surface area contributed by atoms with Gasteiger partial charge in [0.1, 0.15) is 23.4 Å². The molecule has 1 aliphatic heterocycles. The fourth-order valence-electron chi connectivity index (χ4n) is 3.09. The molecule has 1 aromatic heterocycles. The molecule has 0 bridgehead atoms. The molecule has 0 saturated carbocycles. The second-order valence-corrected chi connectivity index (χ2v) is 6.45. The van der Waals surface area contributed by atoms with E-state index >= 15 is 0 Å². The van der Waals surface area contributed by atoms with Crippen molar-refractivity contribution in [3.8, 4) is 11.5 Å². The first-order valence-corrected chi connectivity index (χ1v) is 8.72. The van der Waals surface area contributed by atoms with Gasteiger partial charge < -0.3 is 18.8 Å². The van der Waals surface area contributed by atoms with Gasteiger partial charge in [-0.25, -0.2) is 4.79 Å². The van der Waals surface area contributed by atoms with Gasteiger partial charge in [-0.05, 0) is 24.6 Å². The number of likely N-dealkylation sites (tertiary alicyclic amines) is 1. The van der Waals surface area contributed by atoms with Crippen LogP contribution in [0.5, 0.6) is 11.5 Å². The van der Waals surface area contributed by atoms with Gasteiger partial charge in [0.2, 0.25) is 5.91 Å². The van der Waals surface area contributed by atoms with Gasteiger partial charge >= 0.3 is 5.63 Å². The monoisotopic (exact) mass is 357 g/mol. The van der Waals surface area contributed by atoms with Crippen LogP contribution >= 0.6 is 0 Å². The summed E-state index contributed by atoms with van der Waals surface area (Å²) in [6.45, 7) is 3.02. The Bertz CT molecular complexity index is 804. The van der Waals surface area contributed by atoms with Gasteiger partial charge in [0, 0.05) is 32.0 Å². The zero-order chi connectivity index (χ0) is 18.5. The molecule has 3 rings (SSSR count). The largest absolute Gasteiger partial charge is 0.497 e. The van der Waals surface area contributed by atoms with Crippen molar-refractivity contribution in [2.45, 2.75) is 32.3 Å². The van der Waals surface area contributed by atoms with E-state index in [1.165, 1.54) is 6.07 Å². The van der Waals surface area contributed by atoms with E-state index in [4.69, 9.17) is 13.9 Å². The number of piperidine rings is 1. The Morgan fingerprint density at radius 3 is 2.46 bits per heavy atom. The standard InChI is InChI=1S/C20H23NO5/c1-14-11-18(13-20(23)25-14)26-17-7-9-21(10-8-17)19(22)12-15-3-5-16(24-2)6-4-15/h3-6,11,13,17H,7-10,12H2,1-2H3. The van der Waals surface area contributed by atoms with Crippen LogP contribution in [0.3, 0.4) is 0 Å². The molecule has 1 saturated heterocycles. The number of methoxy groups -OCH3 is 1. The van der Waals surface area contributed by atoms with Crippen molar-refractivity contribution in [3.63, 3.8) is 0 Å². The highest BCUT2D eigenvalue weighted by Gasteiger charge is 2.24. The van der Waals surface area contributed by atoms with Crippen molar-refractivity contribution in [1.29, 1.82) is 0 Å². The molecule has 0 N–H and O–H groups in total. The van der Waals surface area contributed by atoms with Gasteiger partial charge in [-0.15, -0.1) is 0 Å². The average Bonchev–Trinajstić information content (AvgIpc) is 2.62. The maximum Gasteiger partial charge on any atom is 0.339 e. The second kappa shape index (κ2) is 8.08. The molecule has 0 aliphatic carbocycles. The fraction of sp³-hybridized carbons (Fsp3) is 0.400. The summed E-state index contributed by atoms with van der Waals surface area (Å²) in [6, 6.07) is 10.6. The zero-order valence-electron chi connectivity index (χ0n) is 15.1. The van der Waals surface area contributed by atoms with Crippen LogP contribution in [0, 0.1) is 6.92 Å². The normalized spacial score (nSPS) is 14.9. The minimum Gasteiger partial charge on any atom is -0.497 e. The maximum atomic E-state index is 12.5. The maximum absolute atomic E-state index is 12.5. The first kappa shape index (κ1) is 18.0. The number of amides is 1. The smallest absolute Gasteiger partial charge is 0.339 e. The first-order chi connectivity index (χ1) is 12.5. The third-order valence-corrected chi connectivity index (χ3v) is 4.48. The molecule has 1 amide bonds. The molecule has 138 valence electrons. The van der Waals surface area contributed by atoms with Crippen molar-refractivity contribution in [3.05, 3.63) is 58.1 Å². The SMILES string of the molecule is COc1ccc(CC(=O)N2CCC(Oc3cc(C)oc(=O)c3)CC2)cc1. The lowest BCUT2D eigenvalue weighted by Gasteiger charge is -2.32. The van der Waals surface area contributed by atoms with Crippen LogP contribution in [0.2, 0.25) is 0 Å². The number of carbonyl (C=O) groups is 1. The molecule has 1 aliphatic rings. The molecule has 1 aromatic carbocycles. The van der Waals surface area contributed by atoms with Crippen LogP contribution in [-0.4, -0.2) is 37.1 Å². The van der Waals surface area contributed by atoms with E-state index in [0.717, 1.165) is 24.2 Å². The molecule has 6 nitrogen and oxygen atoms in total. The average molecular weight is 357 g/mol. The Hall–Kier alpha value is -2.76. The van der Waals surface area contributed by atoms with Crippen LogP contribution < -0.4 is 15.1 Å². The summed E-state index contributed by atoms with van der Waals surface area (Å²) in [5, 5.41) is 0. The predicted molar refractivity (Wildman–Crippen MR) is 96.6 cm³/mol. The van der Waals surface area contributed by atoms with Gasteiger partial charge in [-0.3, -0.25) is 4.79 Å². The number of nitrogens with zero attached hydrogens (tertiary/aromatic N) is 1. The Kier molecular flexibility index (Phi) is 5.61. The van der Waals surface area contributed by atoms with E-state index < -0.39 is 5.63 Å². The summed E-state index contributed by atoms with van der Waals surface area (Å²) in [5.74, 6) is 1.95. The van der Waals surface area contributed by atoms with Gasteiger partial charge in [0.05, 0.1) is 19.6 Å². The molecular formula is C20H23NO5. The summed E-state index contributed by atoms with van der Waals surface area (Å²) in [6.07, 6.45) is 1.87. The number of rotatable bonds is 5. The molecule has 0 atom stereocenters. The number of hydrogen-bond donors (Lipinski definition) is 0. The van der Waals surface area contributed by atoms with Crippen molar-refractivity contribution >= 4 is 5.91 Å². The highest BCUT2D eigenvalue weighted by molar-refractivity contribution is 5.78. The Morgan fingerprint density at radius 1 is 1.15 bits per heavy atom. The summed E-state index contributed by atoms with van der Waals surface area (Å²) < 4.78 is 15.9. The summed E-state index contributed by atoms with van der Waals surface area (Å²) in [5.41, 5.74) is 0.563. The minimum absolute atomic E-state index is 0.00114. The summed E-state index contributed by atoms with van der Waals surface area (Å²) in [7, 11) is 1.62. The quantitative estimate of drug-likeness (QED) is 0.823. The van der Waals surface area contributed by atoms with Crippen molar-refractivity contribution in [1.82, 2.24) is 4.90 Å². The number of benzene rings is 1. The van der Waals surface area contributed by atoms with Gasteiger partial charge in [0.15, 0.2) is 0 Å². The molecule has 26 heavy (non-hydrogen) atoms. The number of aryl methyl sites for hydroxylation is 1. The lowest BCUT2D eigenvalue weighted by Crippen LogP contribution is -2.42. The molecule has 2 heterocycles. The van der Waals surface area contributed by atoms with Crippen molar-refractivity contribution in [2.75, 3.05) is 20.2 Å². The molecule has 1 fully saturated rings. The number of hydrogen-bond acceptors (Lipinski definition) is 5. The third-order valence-electron chi connectivity index (χ3n) is 4.48. The van der Waals surface area contributed by atoms with E-state index in [2.05, 4.69) is 0 Å². The number of ether oxygens (including phenoxy) is 2. The lowest BCUT2D eigenvalue weighted by molar-refractivity contribution is -0.132. The van der Waals surface area contributed by atoms with Crippen molar-refractivity contribution in [2.24, 2.45) is 0 Å². The van der Waals surface area contributed by atoms with E-state index in [0.29, 0.717) is 31.0 Å². The Labute approximate surface area is 152 Å². The Morgan fingerprint density at radius 2 is 1.85 bits per heavy atom. The minimum atomic E-state index is -0.410. The van der Waals surface area contributed by atoms with Gasteiger partial charge in [0.25, 0.3) is 0 Å². The molecule has 0 spiro atoms. The van der Waals surface area contributed by atoms with Gasteiger partial charge in [-0.2, -0.15) is 0 Å². The van der Waals surface area contributed by atoms with Gasteiger partial charge in [-0.1, -0.05) is 12.1 Å². The van der Waals surface area contributed by atoms with Crippen LogP contribution in [0.1, 0.15) is 24.2 Å². The van der Waals surface area contributed by atoms with Crippen molar-refractivity contribution < 1.29 is 18.7 Å². The first-order valence-electron chi connectivity index (χ1n) is 8.72. The van der Waals surface area contributed by atoms with E-state index in [1.54, 1.807) is 20.1 Å². The van der Waals surface area contributed by atoms with E-state index in [-0.39, 0.29) is 12.0 Å². The highest BCUT2D eigenvalue weighted by atomic mass is 16.5. The summed E-state index contributed by atoms with van der Waals surface area (Å²) >= 11 is 0. The third kappa shape index (κ3) is 4.65. The highest BCUT2D eigenvalue weighted by Crippen LogP contribution is 2.20. The van der Waals surface area contributed by atoms with Crippen LogP contribution in [0.15, 0.2) is 45.6 Å². The molecule has 2 aromatic rings. The molecular weight excluding hydrogens is 334 g/mol. The zero-order valence-corrected chi connectivity index (χ0v) is 15.1. The fourth-order valence-corrected chi connectivity index (χ4v) is 3.09. The molecule has 0 unspecified atom stereocenters. The lowest BCUT2D eigenvalue weighted by atomic mass is 10.1. The Balaban J connectivity index is 1.50. The van der Waals surface area contributed by atoms with E-state index in [1.807, 2.05) is 29.2 Å². The number of carbonyl (C=O) groups excluding carboxylic acids is 1. The van der Waals surface area contributed by atoms with E-state index in [9.17, 15) is 9.59 Å². The van der Waals surface area contributed by atoms with Crippen LogP contribution in [0.4, 0.5) is 0 Å². The second-order valence-electron chi connectivity index (χ2n) is 6.45. The van der Waals surface area contributed by atoms with Crippen LogP contribution in [0.25, 0.3) is 0 Å². The molecule has 0 radical (unpaired) electrons.